The standard InChI is InChI=1S/C20H18N2O4/c1-13-18(19(23)22(21-13)16-6-4-3-5-7-16)12-15-8-10-17(11-9-15)26-14(2)20(24)25/h3-12,14H,1-2H3,(H,24,25)/b18-12-/t14-/m1/s1. The van der Waals surface area contributed by atoms with Crippen molar-refractivity contribution in [3.63, 3.8) is 0 Å². The molecule has 0 aliphatic carbocycles. The first-order valence-electron chi connectivity index (χ1n) is 8.12. The van der Waals surface area contributed by atoms with E-state index in [1.165, 1.54) is 11.9 Å². The third-order valence-corrected chi connectivity index (χ3v) is 3.92. The molecule has 0 fully saturated rings. The van der Waals surface area contributed by atoms with Crippen LogP contribution in [0.15, 0.2) is 65.3 Å². The predicted octanol–water partition coefficient (Wildman–Crippen LogP) is 3.34. The van der Waals surface area contributed by atoms with Crippen LogP contribution in [0, 0.1) is 0 Å². The molecular formula is C20H18N2O4. The second-order valence-electron chi connectivity index (χ2n) is 5.86. The molecule has 1 amide bonds. The molecule has 1 N–H and O–H groups in total. The fraction of sp³-hybridized carbons (Fsp3) is 0.150. The molecule has 0 saturated carbocycles. The van der Waals surface area contributed by atoms with E-state index in [1.807, 2.05) is 30.3 Å². The minimum atomic E-state index is -1.03. The van der Waals surface area contributed by atoms with Crippen molar-refractivity contribution in [2.45, 2.75) is 20.0 Å². The van der Waals surface area contributed by atoms with Gasteiger partial charge >= 0.3 is 5.97 Å². The smallest absolute Gasteiger partial charge is 0.344 e. The number of carbonyl (C=O) groups excluding carboxylic acids is 1. The molecule has 0 saturated heterocycles. The average molecular weight is 350 g/mol. The van der Waals surface area contributed by atoms with E-state index in [1.54, 1.807) is 37.3 Å². The van der Waals surface area contributed by atoms with Crippen LogP contribution in [-0.4, -0.2) is 28.8 Å². The van der Waals surface area contributed by atoms with Gasteiger partial charge in [-0.05, 0) is 49.8 Å². The number of hydrogen-bond donors (Lipinski definition) is 1. The first-order valence-corrected chi connectivity index (χ1v) is 8.12. The van der Waals surface area contributed by atoms with Gasteiger partial charge < -0.3 is 9.84 Å². The van der Waals surface area contributed by atoms with E-state index in [0.717, 1.165) is 5.56 Å². The lowest BCUT2D eigenvalue weighted by Gasteiger charge is -2.11. The monoisotopic (exact) mass is 350 g/mol. The highest BCUT2D eigenvalue weighted by Crippen LogP contribution is 2.25. The number of para-hydroxylation sites is 1. The summed E-state index contributed by atoms with van der Waals surface area (Å²) in [5.41, 5.74) is 2.67. The second-order valence-corrected chi connectivity index (χ2v) is 5.86. The van der Waals surface area contributed by atoms with Gasteiger partial charge in [-0.15, -0.1) is 0 Å². The summed E-state index contributed by atoms with van der Waals surface area (Å²) in [6.45, 7) is 3.26. The molecule has 3 rings (SSSR count). The van der Waals surface area contributed by atoms with Crippen LogP contribution < -0.4 is 9.75 Å². The Morgan fingerprint density at radius 2 is 1.81 bits per heavy atom. The van der Waals surface area contributed by atoms with E-state index in [4.69, 9.17) is 9.84 Å². The van der Waals surface area contributed by atoms with Gasteiger partial charge in [0.15, 0.2) is 6.10 Å². The maximum atomic E-state index is 12.7. The van der Waals surface area contributed by atoms with Crippen molar-refractivity contribution >= 4 is 29.4 Å². The second kappa shape index (κ2) is 7.23. The molecule has 2 aromatic carbocycles. The molecular weight excluding hydrogens is 332 g/mol. The predicted molar refractivity (Wildman–Crippen MR) is 99.2 cm³/mol. The van der Waals surface area contributed by atoms with E-state index < -0.39 is 12.1 Å². The van der Waals surface area contributed by atoms with Gasteiger partial charge in [0.25, 0.3) is 5.91 Å². The third-order valence-electron chi connectivity index (χ3n) is 3.92. The number of rotatable bonds is 5. The van der Waals surface area contributed by atoms with Crippen LogP contribution in [0.25, 0.3) is 6.08 Å². The molecule has 0 radical (unpaired) electrons. The molecule has 0 spiro atoms. The number of ether oxygens (including phenoxy) is 1. The molecule has 6 heteroatoms. The summed E-state index contributed by atoms with van der Waals surface area (Å²) < 4.78 is 5.30. The largest absolute Gasteiger partial charge is 0.479 e. The summed E-state index contributed by atoms with van der Waals surface area (Å²) in [5, 5.41) is 14.6. The normalized spacial score (nSPS) is 16.5. The van der Waals surface area contributed by atoms with Crippen molar-refractivity contribution in [3.8, 4) is 5.75 Å². The fourth-order valence-electron chi connectivity index (χ4n) is 2.49. The van der Waals surface area contributed by atoms with E-state index in [-0.39, 0.29) is 5.91 Å². The highest BCUT2D eigenvalue weighted by Gasteiger charge is 2.28. The molecule has 1 aliphatic heterocycles. The van der Waals surface area contributed by atoms with Crippen molar-refractivity contribution in [1.82, 2.24) is 0 Å². The van der Waals surface area contributed by atoms with Gasteiger partial charge in [-0.3, -0.25) is 4.79 Å². The van der Waals surface area contributed by atoms with Crippen molar-refractivity contribution in [2.75, 3.05) is 5.01 Å². The van der Waals surface area contributed by atoms with Crippen molar-refractivity contribution in [3.05, 3.63) is 65.7 Å². The molecule has 1 aliphatic rings. The van der Waals surface area contributed by atoms with Crippen molar-refractivity contribution < 1.29 is 19.4 Å². The van der Waals surface area contributed by atoms with Crippen LogP contribution in [0.4, 0.5) is 5.69 Å². The molecule has 132 valence electrons. The molecule has 26 heavy (non-hydrogen) atoms. The zero-order chi connectivity index (χ0) is 18.7. The van der Waals surface area contributed by atoms with Crippen LogP contribution in [0.3, 0.4) is 0 Å². The quantitative estimate of drug-likeness (QED) is 0.839. The number of hydrazone groups is 1. The number of carboxylic acid groups (broad SMARTS) is 1. The lowest BCUT2D eigenvalue weighted by atomic mass is 10.1. The zero-order valence-electron chi connectivity index (χ0n) is 14.4. The Bertz CT molecular complexity index is 886. The van der Waals surface area contributed by atoms with Crippen LogP contribution in [0.5, 0.6) is 5.75 Å². The van der Waals surface area contributed by atoms with Gasteiger partial charge in [0.2, 0.25) is 0 Å². The number of carboxylic acids is 1. The topological polar surface area (TPSA) is 79.2 Å². The van der Waals surface area contributed by atoms with E-state index in [2.05, 4.69) is 5.10 Å². The first kappa shape index (κ1) is 17.4. The van der Waals surface area contributed by atoms with Crippen LogP contribution in [0.1, 0.15) is 19.4 Å². The molecule has 1 heterocycles. The molecule has 0 unspecified atom stereocenters. The maximum Gasteiger partial charge on any atom is 0.344 e. The lowest BCUT2D eigenvalue weighted by Crippen LogP contribution is -2.22. The minimum absolute atomic E-state index is 0.187. The summed E-state index contributed by atoms with van der Waals surface area (Å²) in [4.78, 5) is 23.5. The van der Waals surface area contributed by atoms with Gasteiger partial charge in [0.1, 0.15) is 5.75 Å². The molecule has 0 aromatic heterocycles. The van der Waals surface area contributed by atoms with E-state index in [9.17, 15) is 9.59 Å². The lowest BCUT2D eigenvalue weighted by molar-refractivity contribution is -0.144. The van der Waals surface area contributed by atoms with Crippen LogP contribution in [0.2, 0.25) is 0 Å². The number of anilines is 1. The van der Waals surface area contributed by atoms with Gasteiger partial charge in [0.05, 0.1) is 17.0 Å². The van der Waals surface area contributed by atoms with E-state index in [0.29, 0.717) is 22.7 Å². The highest BCUT2D eigenvalue weighted by molar-refractivity contribution is 6.32. The van der Waals surface area contributed by atoms with Gasteiger partial charge in [-0.25, -0.2) is 4.79 Å². The van der Waals surface area contributed by atoms with Crippen molar-refractivity contribution in [1.29, 1.82) is 0 Å². The van der Waals surface area contributed by atoms with Crippen LogP contribution in [-0.2, 0) is 9.59 Å². The summed E-state index contributed by atoms with van der Waals surface area (Å²) in [6, 6.07) is 16.1. The SMILES string of the molecule is CC1=NN(c2ccccc2)C(=O)/C1=C\c1ccc(O[C@H](C)C(=O)O)cc1. The van der Waals surface area contributed by atoms with Crippen molar-refractivity contribution in [2.24, 2.45) is 5.10 Å². The van der Waals surface area contributed by atoms with Gasteiger partial charge in [-0.2, -0.15) is 10.1 Å². The Morgan fingerprint density at radius 1 is 1.15 bits per heavy atom. The molecule has 2 aromatic rings. The summed E-state index contributed by atoms with van der Waals surface area (Å²) in [6.07, 6.45) is 0.832. The third kappa shape index (κ3) is 3.64. The molecule has 1 atom stereocenters. The zero-order valence-corrected chi connectivity index (χ0v) is 14.4. The fourth-order valence-corrected chi connectivity index (χ4v) is 2.49. The number of nitrogens with zero attached hydrogens (tertiary/aromatic N) is 2. The maximum absolute atomic E-state index is 12.7. The minimum Gasteiger partial charge on any atom is -0.479 e. The molecule has 0 bridgehead atoms. The average Bonchev–Trinajstić information content (AvgIpc) is 2.92. The molecule has 6 nitrogen and oxygen atoms in total. The Labute approximate surface area is 151 Å². The number of carbonyl (C=O) groups is 2. The van der Waals surface area contributed by atoms with Gasteiger partial charge in [-0.1, -0.05) is 30.3 Å². The Morgan fingerprint density at radius 3 is 2.42 bits per heavy atom. The summed E-state index contributed by atoms with van der Waals surface area (Å²) in [5.74, 6) is -0.759. The van der Waals surface area contributed by atoms with Gasteiger partial charge in [0, 0.05) is 0 Å². The summed E-state index contributed by atoms with van der Waals surface area (Å²) >= 11 is 0. The Kier molecular flexibility index (Phi) is 4.84. The number of aliphatic carboxylic acids is 1. The van der Waals surface area contributed by atoms with E-state index >= 15 is 0 Å². The Hall–Kier alpha value is -3.41. The highest BCUT2D eigenvalue weighted by atomic mass is 16.5. The van der Waals surface area contributed by atoms with Crippen LogP contribution >= 0.6 is 0 Å². The summed E-state index contributed by atoms with van der Waals surface area (Å²) in [7, 11) is 0. The first-order chi connectivity index (χ1) is 12.5. The number of hydrogen-bond acceptors (Lipinski definition) is 4. The number of benzene rings is 2. The Balaban J connectivity index is 1.79. The number of amides is 1.